The summed E-state index contributed by atoms with van der Waals surface area (Å²) >= 11 is 0. The largest absolute Gasteiger partial charge is 0.393 e. The highest BCUT2D eigenvalue weighted by molar-refractivity contribution is 4.80. The molecule has 0 aromatic heterocycles. The number of hydrogen-bond donors (Lipinski definition) is 2. The van der Waals surface area contributed by atoms with Crippen LogP contribution in [-0.4, -0.2) is 23.8 Å². The Morgan fingerprint density at radius 3 is 2.29 bits per heavy atom. The smallest absolute Gasteiger partial charge is 0.0580 e. The van der Waals surface area contributed by atoms with E-state index >= 15 is 0 Å². The maximum absolute atomic E-state index is 9.80. The molecule has 0 heterocycles. The van der Waals surface area contributed by atoms with E-state index in [1.165, 1.54) is 44.9 Å². The molecular weight excluding hydrogens is 174 g/mol. The highest BCUT2D eigenvalue weighted by Gasteiger charge is 2.24. The number of aliphatic hydroxyl groups excluding tert-OH is 1. The Hall–Kier alpha value is -0.0800. The summed E-state index contributed by atoms with van der Waals surface area (Å²) in [6.07, 6.45) is 10.2. The molecule has 0 aromatic rings. The van der Waals surface area contributed by atoms with Crippen molar-refractivity contribution in [2.75, 3.05) is 6.54 Å². The molecule has 14 heavy (non-hydrogen) atoms. The number of nitrogens with one attached hydrogen (secondary N) is 1. The Bertz CT molecular complexity index is 166. The van der Waals surface area contributed by atoms with Crippen LogP contribution in [0.5, 0.6) is 0 Å². The van der Waals surface area contributed by atoms with Crippen LogP contribution in [0.15, 0.2) is 0 Å². The standard InChI is InChI=1S/C12H23NO/c14-12-8-4-1-5-10(12)9-13-11-6-2-3-7-11/h10-14H,1-9H2/t10-,12-/m1/s1. The van der Waals surface area contributed by atoms with Gasteiger partial charge in [-0.15, -0.1) is 0 Å². The summed E-state index contributed by atoms with van der Waals surface area (Å²) in [7, 11) is 0. The summed E-state index contributed by atoms with van der Waals surface area (Å²) in [5.74, 6) is 0.532. The zero-order valence-corrected chi connectivity index (χ0v) is 9.04. The van der Waals surface area contributed by atoms with Crippen molar-refractivity contribution in [2.45, 2.75) is 63.5 Å². The van der Waals surface area contributed by atoms with Crippen LogP contribution in [0.3, 0.4) is 0 Å². The van der Waals surface area contributed by atoms with Gasteiger partial charge in [0.05, 0.1) is 6.10 Å². The van der Waals surface area contributed by atoms with E-state index in [4.69, 9.17) is 0 Å². The fourth-order valence-corrected chi connectivity index (χ4v) is 2.87. The molecule has 2 N–H and O–H groups in total. The van der Waals surface area contributed by atoms with Crippen molar-refractivity contribution in [2.24, 2.45) is 5.92 Å². The van der Waals surface area contributed by atoms with Crippen LogP contribution in [0.4, 0.5) is 0 Å². The van der Waals surface area contributed by atoms with Gasteiger partial charge in [-0.05, 0) is 31.6 Å². The van der Waals surface area contributed by atoms with Crippen molar-refractivity contribution in [3.8, 4) is 0 Å². The predicted molar refractivity (Wildman–Crippen MR) is 58.2 cm³/mol. The fraction of sp³-hybridized carbons (Fsp3) is 1.00. The van der Waals surface area contributed by atoms with E-state index in [-0.39, 0.29) is 6.10 Å². The fourth-order valence-electron chi connectivity index (χ4n) is 2.87. The van der Waals surface area contributed by atoms with Crippen LogP contribution < -0.4 is 5.32 Å². The molecule has 2 rings (SSSR count). The molecule has 2 atom stereocenters. The van der Waals surface area contributed by atoms with Crippen molar-refractivity contribution >= 4 is 0 Å². The van der Waals surface area contributed by atoms with Crippen LogP contribution in [0, 0.1) is 5.92 Å². The molecule has 0 unspecified atom stereocenters. The molecule has 82 valence electrons. The summed E-state index contributed by atoms with van der Waals surface area (Å²) < 4.78 is 0. The summed E-state index contributed by atoms with van der Waals surface area (Å²) in [6, 6.07) is 0.754. The zero-order chi connectivity index (χ0) is 9.80. The Morgan fingerprint density at radius 1 is 0.929 bits per heavy atom. The van der Waals surface area contributed by atoms with Crippen LogP contribution in [0.2, 0.25) is 0 Å². The summed E-state index contributed by atoms with van der Waals surface area (Å²) in [5.41, 5.74) is 0. The molecular formula is C12H23NO. The van der Waals surface area contributed by atoms with Gasteiger partial charge in [0, 0.05) is 12.6 Å². The van der Waals surface area contributed by atoms with Crippen LogP contribution in [0.1, 0.15) is 51.4 Å². The highest BCUT2D eigenvalue weighted by Crippen LogP contribution is 2.25. The van der Waals surface area contributed by atoms with Gasteiger partial charge in [-0.1, -0.05) is 25.7 Å². The summed E-state index contributed by atoms with van der Waals surface area (Å²) in [5, 5.41) is 13.4. The van der Waals surface area contributed by atoms with Crippen LogP contribution in [-0.2, 0) is 0 Å². The van der Waals surface area contributed by atoms with Gasteiger partial charge in [-0.2, -0.15) is 0 Å². The molecule has 0 saturated heterocycles. The van der Waals surface area contributed by atoms with E-state index < -0.39 is 0 Å². The second-order valence-corrected chi connectivity index (χ2v) is 5.00. The third-order valence-electron chi connectivity index (χ3n) is 3.89. The molecule has 2 fully saturated rings. The molecule has 2 saturated carbocycles. The van der Waals surface area contributed by atoms with Crippen LogP contribution in [0.25, 0.3) is 0 Å². The molecule has 2 heteroatoms. The Labute approximate surface area is 87.1 Å². The molecule has 0 aromatic carbocycles. The van der Waals surface area contributed by atoms with Gasteiger partial charge in [-0.3, -0.25) is 0 Å². The lowest BCUT2D eigenvalue weighted by Crippen LogP contribution is -2.37. The van der Waals surface area contributed by atoms with Crippen LogP contribution >= 0.6 is 0 Å². The maximum atomic E-state index is 9.80. The molecule has 2 aliphatic rings. The molecule has 2 aliphatic carbocycles. The van der Waals surface area contributed by atoms with E-state index in [9.17, 15) is 5.11 Å². The Balaban J connectivity index is 1.67. The van der Waals surface area contributed by atoms with Crippen molar-refractivity contribution in [3.63, 3.8) is 0 Å². The Kier molecular flexibility index (Phi) is 3.82. The molecule has 0 bridgehead atoms. The average Bonchev–Trinajstić information content (AvgIpc) is 2.69. The zero-order valence-electron chi connectivity index (χ0n) is 9.04. The molecule has 0 spiro atoms. The van der Waals surface area contributed by atoms with Gasteiger partial charge in [0.1, 0.15) is 0 Å². The van der Waals surface area contributed by atoms with Gasteiger partial charge in [0.25, 0.3) is 0 Å². The summed E-state index contributed by atoms with van der Waals surface area (Å²) in [4.78, 5) is 0. The van der Waals surface area contributed by atoms with Crippen molar-refractivity contribution in [1.29, 1.82) is 0 Å². The maximum Gasteiger partial charge on any atom is 0.0580 e. The minimum atomic E-state index is -0.0300. The van der Waals surface area contributed by atoms with E-state index in [0.717, 1.165) is 19.0 Å². The quantitative estimate of drug-likeness (QED) is 0.726. The lowest BCUT2D eigenvalue weighted by molar-refractivity contribution is 0.0682. The van der Waals surface area contributed by atoms with E-state index in [2.05, 4.69) is 5.32 Å². The first-order chi connectivity index (χ1) is 6.86. The predicted octanol–water partition coefficient (Wildman–Crippen LogP) is 2.07. The van der Waals surface area contributed by atoms with E-state index in [1.54, 1.807) is 0 Å². The van der Waals surface area contributed by atoms with Gasteiger partial charge in [0.15, 0.2) is 0 Å². The minimum absolute atomic E-state index is 0.0300. The Morgan fingerprint density at radius 2 is 1.57 bits per heavy atom. The first-order valence-electron chi connectivity index (χ1n) is 6.28. The monoisotopic (exact) mass is 197 g/mol. The van der Waals surface area contributed by atoms with Gasteiger partial charge >= 0.3 is 0 Å². The van der Waals surface area contributed by atoms with E-state index in [0.29, 0.717) is 5.92 Å². The second kappa shape index (κ2) is 5.13. The minimum Gasteiger partial charge on any atom is -0.393 e. The van der Waals surface area contributed by atoms with Crippen molar-refractivity contribution < 1.29 is 5.11 Å². The molecule has 0 aliphatic heterocycles. The SMILES string of the molecule is O[C@@H]1CCCC[C@@H]1CNC1CCCC1. The van der Waals surface area contributed by atoms with Crippen molar-refractivity contribution in [1.82, 2.24) is 5.32 Å². The molecule has 2 nitrogen and oxygen atoms in total. The summed E-state index contributed by atoms with van der Waals surface area (Å²) in [6.45, 7) is 1.05. The number of rotatable bonds is 3. The lowest BCUT2D eigenvalue weighted by Gasteiger charge is -2.28. The third kappa shape index (κ3) is 2.71. The first kappa shape index (κ1) is 10.4. The molecule has 0 radical (unpaired) electrons. The number of aliphatic hydroxyl groups is 1. The van der Waals surface area contributed by atoms with Gasteiger partial charge in [-0.25, -0.2) is 0 Å². The van der Waals surface area contributed by atoms with Crippen molar-refractivity contribution in [3.05, 3.63) is 0 Å². The van der Waals surface area contributed by atoms with Gasteiger partial charge < -0.3 is 10.4 Å². The lowest BCUT2D eigenvalue weighted by atomic mass is 9.86. The first-order valence-corrected chi connectivity index (χ1v) is 6.28. The normalized spacial score (nSPS) is 34.9. The topological polar surface area (TPSA) is 32.3 Å². The second-order valence-electron chi connectivity index (χ2n) is 5.00. The average molecular weight is 197 g/mol. The highest BCUT2D eigenvalue weighted by atomic mass is 16.3. The third-order valence-corrected chi connectivity index (χ3v) is 3.89. The molecule has 0 amide bonds. The number of hydrogen-bond acceptors (Lipinski definition) is 2. The van der Waals surface area contributed by atoms with Gasteiger partial charge in [0.2, 0.25) is 0 Å². The van der Waals surface area contributed by atoms with E-state index in [1.807, 2.05) is 0 Å².